The Labute approximate surface area is 89.8 Å². The Kier molecular flexibility index (Phi) is 3.92. The lowest BCUT2D eigenvalue weighted by atomic mass is 10.1. The average Bonchev–Trinajstić information content (AvgIpc) is 2.25. The van der Waals surface area contributed by atoms with Crippen molar-refractivity contribution in [2.75, 3.05) is 7.11 Å². The highest BCUT2D eigenvalue weighted by Gasteiger charge is 2.03. The van der Waals surface area contributed by atoms with Gasteiger partial charge in [-0.3, -0.25) is 4.79 Å². The second kappa shape index (κ2) is 5.20. The summed E-state index contributed by atoms with van der Waals surface area (Å²) in [6, 6.07) is 7.56. The number of hydrogen-bond acceptors (Lipinski definition) is 2. The van der Waals surface area contributed by atoms with Gasteiger partial charge < -0.3 is 10.1 Å². The van der Waals surface area contributed by atoms with Gasteiger partial charge in [-0.15, -0.1) is 0 Å². The molecule has 0 atom stereocenters. The van der Waals surface area contributed by atoms with Gasteiger partial charge >= 0.3 is 0 Å². The van der Waals surface area contributed by atoms with Crippen LogP contribution in [0.3, 0.4) is 0 Å². The Bertz CT molecular complexity index is 383. The van der Waals surface area contributed by atoms with Gasteiger partial charge in [-0.1, -0.05) is 18.2 Å². The molecule has 0 unspecified atom stereocenters. The minimum absolute atomic E-state index is 0.0779. The number of amides is 1. The van der Waals surface area contributed by atoms with Crippen LogP contribution in [0.2, 0.25) is 0 Å². The van der Waals surface area contributed by atoms with Gasteiger partial charge in [0.15, 0.2) is 0 Å². The molecule has 3 nitrogen and oxygen atoms in total. The monoisotopic (exact) mass is 205 g/mol. The Morgan fingerprint density at radius 3 is 2.73 bits per heavy atom. The molecular formula is C12H15NO2. The first kappa shape index (κ1) is 11.3. The van der Waals surface area contributed by atoms with Crippen LogP contribution in [0.5, 0.6) is 5.75 Å². The van der Waals surface area contributed by atoms with Gasteiger partial charge in [0, 0.05) is 18.2 Å². The molecule has 80 valence electrons. The van der Waals surface area contributed by atoms with E-state index in [1.54, 1.807) is 7.11 Å². The fourth-order valence-electron chi connectivity index (χ4n) is 1.29. The molecule has 0 heterocycles. The van der Waals surface area contributed by atoms with Crippen molar-refractivity contribution < 1.29 is 9.53 Å². The minimum Gasteiger partial charge on any atom is -0.497 e. The van der Waals surface area contributed by atoms with E-state index in [1.165, 1.54) is 6.92 Å². The second-order valence-electron chi connectivity index (χ2n) is 3.12. The van der Waals surface area contributed by atoms with E-state index in [4.69, 9.17) is 4.74 Å². The summed E-state index contributed by atoms with van der Waals surface area (Å²) in [5, 5.41) is 2.76. The van der Waals surface area contributed by atoms with E-state index in [0.717, 1.165) is 17.0 Å². The fourth-order valence-corrected chi connectivity index (χ4v) is 1.29. The van der Waals surface area contributed by atoms with E-state index in [-0.39, 0.29) is 5.91 Å². The molecule has 1 amide bonds. The number of rotatable bonds is 3. The average molecular weight is 205 g/mol. The summed E-state index contributed by atoms with van der Waals surface area (Å²) in [5.41, 5.74) is 1.73. The smallest absolute Gasteiger partial charge is 0.221 e. The van der Waals surface area contributed by atoms with Gasteiger partial charge in [-0.25, -0.2) is 0 Å². The molecule has 1 aromatic rings. The van der Waals surface area contributed by atoms with E-state index in [9.17, 15) is 4.79 Å². The zero-order valence-electron chi connectivity index (χ0n) is 9.20. The fraction of sp³-hybridized carbons (Fsp3) is 0.250. The van der Waals surface area contributed by atoms with Crippen molar-refractivity contribution in [1.82, 2.24) is 5.32 Å². The first-order valence-electron chi connectivity index (χ1n) is 4.75. The molecule has 0 aromatic heterocycles. The molecular weight excluding hydrogens is 190 g/mol. The highest BCUT2D eigenvalue weighted by molar-refractivity contribution is 5.85. The van der Waals surface area contributed by atoms with Crippen molar-refractivity contribution in [2.24, 2.45) is 0 Å². The number of benzene rings is 1. The largest absolute Gasteiger partial charge is 0.497 e. The van der Waals surface area contributed by atoms with E-state index in [2.05, 4.69) is 5.32 Å². The lowest BCUT2D eigenvalue weighted by Crippen LogP contribution is -2.17. The van der Waals surface area contributed by atoms with Gasteiger partial charge in [0.05, 0.1) is 7.11 Å². The Balaban J connectivity index is 2.97. The molecule has 1 N–H and O–H groups in total. The molecule has 1 rings (SSSR count). The number of ether oxygens (including phenoxy) is 1. The van der Waals surface area contributed by atoms with Crippen molar-refractivity contribution in [3.05, 3.63) is 35.9 Å². The van der Waals surface area contributed by atoms with Crippen LogP contribution in [0, 0.1) is 0 Å². The summed E-state index contributed by atoms with van der Waals surface area (Å²) in [6.45, 7) is 3.37. The third kappa shape index (κ3) is 3.13. The molecule has 1 aromatic carbocycles. The van der Waals surface area contributed by atoms with Gasteiger partial charge in [-0.05, 0) is 19.1 Å². The van der Waals surface area contributed by atoms with Crippen LogP contribution < -0.4 is 10.1 Å². The minimum atomic E-state index is -0.0779. The van der Waals surface area contributed by atoms with Crippen molar-refractivity contribution in [1.29, 1.82) is 0 Å². The molecule has 3 heteroatoms. The quantitative estimate of drug-likeness (QED) is 0.821. The van der Waals surface area contributed by atoms with E-state index < -0.39 is 0 Å². The summed E-state index contributed by atoms with van der Waals surface area (Å²) < 4.78 is 5.11. The maximum Gasteiger partial charge on any atom is 0.221 e. The highest BCUT2D eigenvalue weighted by atomic mass is 16.5. The second-order valence-corrected chi connectivity index (χ2v) is 3.12. The number of hydrogen-bond donors (Lipinski definition) is 1. The lowest BCUT2D eigenvalue weighted by Gasteiger charge is -2.09. The molecule has 0 radical (unpaired) electrons. The predicted octanol–water partition coefficient (Wildman–Crippen LogP) is 2.19. The predicted molar refractivity (Wildman–Crippen MR) is 60.5 cm³/mol. The summed E-state index contributed by atoms with van der Waals surface area (Å²) in [6.07, 6.45) is 1.86. The van der Waals surface area contributed by atoms with Gasteiger partial charge in [0.2, 0.25) is 5.91 Å². The molecule has 0 saturated carbocycles. The van der Waals surface area contributed by atoms with Crippen LogP contribution in [0.25, 0.3) is 5.70 Å². The number of methoxy groups -OCH3 is 1. The molecule has 0 spiro atoms. The summed E-state index contributed by atoms with van der Waals surface area (Å²) in [5.74, 6) is 0.697. The number of carbonyl (C=O) groups is 1. The number of nitrogens with one attached hydrogen (secondary N) is 1. The molecule has 0 aliphatic heterocycles. The zero-order valence-corrected chi connectivity index (χ0v) is 9.20. The summed E-state index contributed by atoms with van der Waals surface area (Å²) >= 11 is 0. The Morgan fingerprint density at radius 2 is 2.20 bits per heavy atom. The topological polar surface area (TPSA) is 38.3 Å². The number of allylic oxidation sites excluding steroid dienone is 1. The maximum absolute atomic E-state index is 11.0. The molecule has 0 aliphatic carbocycles. The van der Waals surface area contributed by atoms with E-state index in [1.807, 2.05) is 37.3 Å². The van der Waals surface area contributed by atoms with Crippen LogP contribution in [-0.2, 0) is 4.79 Å². The van der Waals surface area contributed by atoms with Crippen LogP contribution in [0.15, 0.2) is 30.3 Å². The summed E-state index contributed by atoms with van der Waals surface area (Å²) in [7, 11) is 1.62. The van der Waals surface area contributed by atoms with Crippen LogP contribution in [0.1, 0.15) is 19.4 Å². The first-order valence-corrected chi connectivity index (χ1v) is 4.75. The van der Waals surface area contributed by atoms with Crippen LogP contribution >= 0.6 is 0 Å². The Hall–Kier alpha value is -1.77. The summed E-state index contributed by atoms with van der Waals surface area (Å²) in [4.78, 5) is 11.0. The molecule has 0 fully saturated rings. The molecule has 0 saturated heterocycles. The van der Waals surface area contributed by atoms with Crippen LogP contribution in [0.4, 0.5) is 0 Å². The first-order chi connectivity index (χ1) is 7.17. The van der Waals surface area contributed by atoms with E-state index in [0.29, 0.717) is 0 Å². The van der Waals surface area contributed by atoms with Crippen molar-refractivity contribution in [3.8, 4) is 5.75 Å². The molecule has 15 heavy (non-hydrogen) atoms. The van der Waals surface area contributed by atoms with Gasteiger partial charge in [0.1, 0.15) is 5.75 Å². The van der Waals surface area contributed by atoms with Crippen molar-refractivity contribution >= 4 is 11.6 Å². The highest BCUT2D eigenvalue weighted by Crippen LogP contribution is 2.18. The Morgan fingerprint density at radius 1 is 1.47 bits per heavy atom. The van der Waals surface area contributed by atoms with Crippen molar-refractivity contribution in [2.45, 2.75) is 13.8 Å². The van der Waals surface area contributed by atoms with Crippen LogP contribution in [-0.4, -0.2) is 13.0 Å². The molecule has 0 bridgehead atoms. The molecule has 0 aliphatic rings. The normalized spacial score (nSPS) is 11.0. The van der Waals surface area contributed by atoms with Gasteiger partial charge in [-0.2, -0.15) is 0 Å². The maximum atomic E-state index is 11.0. The van der Waals surface area contributed by atoms with Crippen molar-refractivity contribution in [3.63, 3.8) is 0 Å². The zero-order chi connectivity index (χ0) is 11.3. The third-order valence-electron chi connectivity index (χ3n) is 1.98. The standard InChI is InChI=1S/C12H15NO2/c1-4-12(13-9(2)14)10-6-5-7-11(8-10)15-3/h4-8H,1-3H3,(H,13,14). The third-order valence-corrected chi connectivity index (χ3v) is 1.98. The SMILES string of the molecule is CC=C(NC(C)=O)c1cccc(OC)c1. The lowest BCUT2D eigenvalue weighted by molar-refractivity contribution is -0.117. The van der Waals surface area contributed by atoms with E-state index >= 15 is 0 Å². The number of carbonyl (C=O) groups excluding carboxylic acids is 1. The van der Waals surface area contributed by atoms with Gasteiger partial charge in [0.25, 0.3) is 0 Å².